The second-order valence-electron chi connectivity index (χ2n) is 6.13. The van der Waals surface area contributed by atoms with E-state index in [4.69, 9.17) is 9.26 Å². The Balaban J connectivity index is 1.41. The zero-order chi connectivity index (χ0) is 20.6. The molecule has 0 bridgehead atoms. The first-order valence-corrected chi connectivity index (χ1v) is 8.90. The number of carbonyl (C=O) groups is 2. The standard InChI is InChI=1S/C20H19FN4O4/c1-13(28-16-9-7-15(21)8-10-16)20(27)24-23-17(26)11-12-18-22-19(25-29-18)14-5-3-2-4-6-14/h2-10,13H,11-12H2,1H3,(H,23,26)(H,24,27)/t13-/m1/s1. The van der Waals surface area contributed by atoms with Crippen LogP contribution in [-0.2, 0) is 16.0 Å². The molecule has 1 atom stereocenters. The predicted molar refractivity (Wildman–Crippen MR) is 101 cm³/mol. The lowest BCUT2D eigenvalue weighted by atomic mass is 10.2. The van der Waals surface area contributed by atoms with E-state index in [0.29, 0.717) is 17.5 Å². The molecule has 0 radical (unpaired) electrons. The second-order valence-corrected chi connectivity index (χ2v) is 6.13. The summed E-state index contributed by atoms with van der Waals surface area (Å²) in [6.45, 7) is 1.51. The van der Waals surface area contributed by atoms with Gasteiger partial charge in [-0.3, -0.25) is 20.4 Å². The van der Waals surface area contributed by atoms with Crippen LogP contribution in [0, 0.1) is 5.82 Å². The Morgan fingerprint density at radius 3 is 2.55 bits per heavy atom. The maximum Gasteiger partial charge on any atom is 0.279 e. The van der Waals surface area contributed by atoms with E-state index in [1.54, 1.807) is 0 Å². The highest BCUT2D eigenvalue weighted by atomic mass is 19.1. The number of benzene rings is 2. The number of hydrogen-bond donors (Lipinski definition) is 2. The van der Waals surface area contributed by atoms with Crippen LogP contribution in [-0.4, -0.2) is 28.1 Å². The van der Waals surface area contributed by atoms with E-state index in [1.165, 1.54) is 31.2 Å². The third-order valence-corrected chi connectivity index (χ3v) is 3.89. The smallest absolute Gasteiger partial charge is 0.279 e. The van der Waals surface area contributed by atoms with E-state index in [0.717, 1.165) is 5.56 Å². The molecule has 8 nitrogen and oxygen atoms in total. The molecule has 0 fully saturated rings. The third kappa shape index (κ3) is 5.86. The highest BCUT2D eigenvalue weighted by Crippen LogP contribution is 2.15. The lowest BCUT2D eigenvalue weighted by molar-refractivity contribution is -0.132. The van der Waals surface area contributed by atoms with Gasteiger partial charge in [-0.1, -0.05) is 35.5 Å². The minimum absolute atomic E-state index is 0.0455. The van der Waals surface area contributed by atoms with Crippen molar-refractivity contribution < 1.29 is 23.2 Å². The van der Waals surface area contributed by atoms with Gasteiger partial charge in [-0.25, -0.2) is 4.39 Å². The third-order valence-electron chi connectivity index (χ3n) is 3.89. The molecule has 3 rings (SSSR count). The summed E-state index contributed by atoms with van der Waals surface area (Å²) in [5.74, 6) is -0.275. The molecule has 2 aromatic carbocycles. The van der Waals surface area contributed by atoms with Gasteiger partial charge >= 0.3 is 0 Å². The summed E-state index contributed by atoms with van der Waals surface area (Å²) in [6.07, 6.45) is -0.613. The quantitative estimate of drug-likeness (QED) is 0.592. The largest absolute Gasteiger partial charge is 0.481 e. The Hall–Kier alpha value is -3.75. The van der Waals surface area contributed by atoms with Crippen molar-refractivity contribution in [3.63, 3.8) is 0 Å². The molecule has 0 saturated carbocycles. The van der Waals surface area contributed by atoms with Gasteiger partial charge in [0, 0.05) is 18.4 Å². The van der Waals surface area contributed by atoms with Gasteiger partial charge in [0.15, 0.2) is 6.10 Å². The lowest BCUT2D eigenvalue weighted by Crippen LogP contribution is -2.47. The number of ether oxygens (including phenoxy) is 1. The van der Waals surface area contributed by atoms with Crippen molar-refractivity contribution in [1.82, 2.24) is 21.0 Å². The highest BCUT2D eigenvalue weighted by molar-refractivity contribution is 5.84. The molecule has 150 valence electrons. The van der Waals surface area contributed by atoms with Gasteiger partial charge in [-0.2, -0.15) is 4.98 Å². The molecule has 0 saturated heterocycles. The van der Waals surface area contributed by atoms with Crippen LogP contribution in [0.1, 0.15) is 19.2 Å². The number of hydrazine groups is 1. The van der Waals surface area contributed by atoms with Crippen molar-refractivity contribution in [1.29, 1.82) is 0 Å². The number of nitrogens with one attached hydrogen (secondary N) is 2. The number of aromatic nitrogens is 2. The van der Waals surface area contributed by atoms with Crippen LogP contribution in [0.5, 0.6) is 5.75 Å². The fraction of sp³-hybridized carbons (Fsp3) is 0.200. The zero-order valence-electron chi connectivity index (χ0n) is 15.6. The van der Waals surface area contributed by atoms with Crippen LogP contribution in [0.15, 0.2) is 59.1 Å². The van der Waals surface area contributed by atoms with Crippen LogP contribution in [0.4, 0.5) is 4.39 Å². The maximum absolute atomic E-state index is 12.9. The molecular formula is C20H19FN4O4. The maximum atomic E-state index is 12.9. The zero-order valence-corrected chi connectivity index (χ0v) is 15.6. The van der Waals surface area contributed by atoms with Crippen LogP contribution >= 0.6 is 0 Å². The van der Waals surface area contributed by atoms with Crippen molar-refractivity contribution in [3.05, 3.63) is 66.3 Å². The summed E-state index contributed by atoms with van der Waals surface area (Å²) in [6, 6.07) is 14.6. The molecule has 0 aliphatic rings. The number of amides is 2. The molecule has 29 heavy (non-hydrogen) atoms. The number of hydrogen-bond acceptors (Lipinski definition) is 6. The number of carbonyl (C=O) groups excluding carboxylic acids is 2. The fourth-order valence-corrected chi connectivity index (χ4v) is 2.35. The molecule has 2 amide bonds. The Kier molecular flexibility index (Phi) is 6.51. The summed E-state index contributed by atoms with van der Waals surface area (Å²) >= 11 is 0. The van der Waals surface area contributed by atoms with Crippen molar-refractivity contribution in [3.8, 4) is 17.1 Å². The molecule has 0 aliphatic carbocycles. The van der Waals surface area contributed by atoms with Gasteiger partial charge in [-0.15, -0.1) is 0 Å². The van der Waals surface area contributed by atoms with E-state index >= 15 is 0 Å². The van der Waals surface area contributed by atoms with E-state index in [2.05, 4.69) is 21.0 Å². The lowest BCUT2D eigenvalue weighted by Gasteiger charge is -2.15. The summed E-state index contributed by atoms with van der Waals surface area (Å²) in [5, 5.41) is 3.88. The summed E-state index contributed by atoms with van der Waals surface area (Å²) in [7, 11) is 0. The van der Waals surface area contributed by atoms with Gasteiger partial charge in [0.1, 0.15) is 11.6 Å². The van der Waals surface area contributed by atoms with Crippen LogP contribution in [0.25, 0.3) is 11.4 Å². The van der Waals surface area contributed by atoms with E-state index in [-0.39, 0.29) is 12.8 Å². The van der Waals surface area contributed by atoms with Crippen LogP contribution < -0.4 is 15.6 Å². The summed E-state index contributed by atoms with van der Waals surface area (Å²) in [4.78, 5) is 28.1. The number of aryl methyl sites for hydroxylation is 1. The monoisotopic (exact) mass is 398 g/mol. The van der Waals surface area contributed by atoms with Crippen LogP contribution in [0.2, 0.25) is 0 Å². The Labute approximate surface area is 166 Å². The molecule has 0 unspecified atom stereocenters. The SMILES string of the molecule is C[C@@H](Oc1ccc(F)cc1)C(=O)NNC(=O)CCc1nc(-c2ccccc2)no1. The van der Waals surface area contributed by atoms with E-state index in [9.17, 15) is 14.0 Å². The first-order valence-electron chi connectivity index (χ1n) is 8.90. The van der Waals surface area contributed by atoms with Crippen molar-refractivity contribution in [2.45, 2.75) is 25.9 Å². The topological polar surface area (TPSA) is 106 Å². The average Bonchev–Trinajstić information content (AvgIpc) is 3.22. The molecule has 1 aromatic heterocycles. The molecule has 0 spiro atoms. The van der Waals surface area contributed by atoms with E-state index in [1.807, 2.05) is 30.3 Å². The minimum Gasteiger partial charge on any atom is -0.481 e. The molecule has 9 heteroatoms. The highest BCUT2D eigenvalue weighted by Gasteiger charge is 2.16. The summed E-state index contributed by atoms with van der Waals surface area (Å²) in [5.41, 5.74) is 5.39. The Morgan fingerprint density at radius 2 is 1.83 bits per heavy atom. The molecule has 2 N–H and O–H groups in total. The first kappa shape index (κ1) is 20.0. The van der Waals surface area contributed by atoms with E-state index < -0.39 is 23.7 Å². The van der Waals surface area contributed by atoms with Gasteiger partial charge in [0.2, 0.25) is 17.6 Å². The second kappa shape index (κ2) is 9.45. The molecular weight excluding hydrogens is 379 g/mol. The Bertz CT molecular complexity index is 960. The first-order chi connectivity index (χ1) is 14.0. The minimum atomic E-state index is -0.884. The number of rotatable bonds is 7. The summed E-state index contributed by atoms with van der Waals surface area (Å²) < 4.78 is 23.4. The van der Waals surface area contributed by atoms with Gasteiger partial charge in [0.25, 0.3) is 5.91 Å². The predicted octanol–water partition coefficient (Wildman–Crippen LogP) is 2.42. The molecule has 3 aromatic rings. The Morgan fingerprint density at radius 1 is 1.10 bits per heavy atom. The van der Waals surface area contributed by atoms with Crippen molar-refractivity contribution in [2.24, 2.45) is 0 Å². The van der Waals surface area contributed by atoms with Gasteiger partial charge < -0.3 is 9.26 Å². The van der Waals surface area contributed by atoms with Gasteiger partial charge in [0.05, 0.1) is 0 Å². The molecule has 1 heterocycles. The van der Waals surface area contributed by atoms with Crippen molar-refractivity contribution >= 4 is 11.8 Å². The fourth-order valence-electron chi connectivity index (χ4n) is 2.35. The molecule has 0 aliphatic heterocycles. The van der Waals surface area contributed by atoms with Gasteiger partial charge in [-0.05, 0) is 31.2 Å². The number of nitrogens with zero attached hydrogens (tertiary/aromatic N) is 2. The van der Waals surface area contributed by atoms with Crippen molar-refractivity contribution in [2.75, 3.05) is 0 Å². The number of halogens is 1. The normalized spacial score (nSPS) is 11.5. The van der Waals surface area contributed by atoms with Crippen LogP contribution in [0.3, 0.4) is 0 Å². The average molecular weight is 398 g/mol.